The van der Waals surface area contributed by atoms with Gasteiger partial charge in [0.05, 0.1) is 12.3 Å². The van der Waals surface area contributed by atoms with Gasteiger partial charge >= 0.3 is 0 Å². The van der Waals surface area contributed by atoms with E-state index < -0.39 is 10.0 Å². The quantitative estimate of drug-likeness (QED) is 0.814. The molecule has 0 unspecified atom stereocenters. The number of hydrogen-bond donors (Lipinski definition) is 1. The Morgan fingerprint density at radius 3 is 3.04 bits per heavy atom. The second-order valence-corrected chi connectivity index (χ2v) is 9.79. The van der Waals surface area contributed by atoms with Gasteiger partial charge in [-0.2, -0.15) is 0 Å². The maximum atomic E-state index is 12.3. The normalized spacial score (nSPS) is 27.4. The average Bonchev–Trinajstić information content (AvgIpc) is 2.90. The van der Waals surface area contributed by atoms with Gasteiger partial charge < -0.3 is 5.32 Å². The average molecular weight is 357 g/mol. The standard InChI is InChI=1S/C16H24N2O3S2/c1-2-3-9-23(20,21)18-7-6-16(12-18)10-14(16)15(19)17-11-13-5-4-8-22-13/h4-5,8,14H,2-3,6-7,9-12H2,1H3,(H,17,19)/t14-,16-/m0/s1. The molecule has 128 valence electrons. The molecule has 5 nitrogen and oxygen atoms in total. The first-order chi connectivity index (χ1) is 11.0. The van der Waals surface area contributed by atoms with Gasteiger partial charge in [0.15, 0.2) is 0 Å². The van der Waals surface area contributed by atoms with Crippen molar-refractivity contribution < 1.29 is 13.2 Å². The van der Waals surface area contributed by atoms with Crippen LogP contribution in [0.3, 0.4) is 0 Å². The molecule has 3 rings (SSSR count). The molecule has 1 aliphatic carbocycles. The number of thiophene rings is 1. The van der Waals surface area contributed by atoms with Crippen LogP contribution >= 0.6 is 11.3 Å². The molecule has 0 radical (unpaired) electrons. The highest BCUT2D eigenvalue weighted by molar-refractivity contribution is 7.89. The Balaban J connectivity index is 1.52. The highest BCUT2D eigenvalue weighted by atomic mass is 32.2. The van der Waals surface area contributed by atoms with Crippen molar-refractivity contribution in [3.05, 3.63) is 22.4 Å². The Kier molecular flexibility index (Phi) is 4.80. The number of amides is 1. The van der Waals surface area contributed by atoms with Crippen molar-refractivity contribution >= 4 is 27.3 Å². The smallest absolute Gasteiger partial charge is 0.224 e. The molecule has 1 amide bonds. The first-order valence-electron chi connectivity index (χ1n) is 8.25. The topological polar surface area (TPSA) is 66.5 Å². The number of rotatable bonds is 7. The van der Waals surface area contributed by atoms with Gasteiger partial charge in [-0.3, -0.25) is 4.79 Å². The fourth-order valence-electron chi connectivity index (χ4n) is 3.43. The van der Waals surface area contributed by atoms with Gasteiger partial charge in [0, 0.05) is 23.9 Å². The van der Waals surface area contributed by atoms with Gasteiger partial charge in [-0.15, -0.1) is 11.3 Å². The molecule has 1 aliphatic heterocycles. The van der Waals surface area contributed by atoms with Crippen LogP contribution in [0.2, 0.25) is 0 Å². The van der Waals surface area contributed by atoms with E-state index in [4.69, 9.17) is 0 Å². The van der Waals surface area contributed by atoms with Crippen LogP contribution in [0.25, 0.3) is 0 Å². The molecule has 1 saturated carbocycles. The number of carbonyl (C=O) groups excluding carboxylic acids is 1. The number of hydrogen-bond acceptors (Lipinski definition) is 4. The van der Waals surface area contributed by atoms with Gasteiger partial charge in [-0.1, -0.05) is 19.4 Å². The Bertz CT molecular complexity index is 657. The summed E-state index contributed by atoms with van der Waals surface area (Å²) in [6.07, 6.45) is 3.22. The lowest BCUT2D eigenvalue weighted by Gasteiger charge is -2.16. The van der Waals surface area contributed by atoms with Gasteiger partial charge in [0.2, 0.25) is 15.9 Å². The molecule has 1 aromatic rings. The summed E-state index contributed by atoms with van der Waals surface area (Å²) in [5.74, 6) is 0.287. The van der Waals surface area contributed by atoms with E-state index in [0.29, 0.717) is 26.1 Å². The van der Waals surface area contributed by atoms with Crippen molar-refractivity contribution in [3.8, 4) is 0 Å². The monoisotopic (exact) mass is 356 g/mol. The molecule has 0 bridgehead atoms. The molecular formula is C16H24N2O3S2. The van der Waals surface area contributed by atoms with E-state index in [2.05, 4.69) is 5.32 Å². The largest absolute Gasteiger partial charge is 0.351 e. The fraction of sp³-hybridized carbons (Fsp3) is 0.688. The van der Waals surface area contributed by atoms with Crippen LogP contribution in [0.15, 0.2) is 17.5 Å². The number of carbonyl (C=O) groups is 1. The minimum Gasteiger partial charge on any atom is -0.351 e. The molecule has 2 aliphatic rings. The zero-order chi connectivity index (χ0) is 16.5. The summed E-state index contributed by atoms with van der Waals surface area (Å²) in [5.41, 5.74) is -0.0984. The second kappa shape index (κ2) is 6.53. The molecule has 0 aromatic carbocycles. The summed E-state index contributed by atoms with van der Waals surface area (Å²) in [5, 5.41) is 4.99. The Hall–Kier alpha value is -0.920. The van der Waals surface area contributed by atoms with E-state index >= 15 is 0 Å². The van der Waals surface area contributed by atoms with Crippen LogP contribution in [0, 0.1) is 11.3 Å². The predicted molar refractivity (Wildman–Crippen MR) is 91.6 cm³/mol. The van der Waals surface area contributed by atoms with Gasteiger partial charge in [-0.25, -0.2) is 12.7 Å². The Morgan fingerprint density at radius 2 is 2.35 bits per heavy atom. The summed E-state index contributed by atoms with van der Waals surface area (Å²) in [6.45, 7) is 3.66. The van der Waals surface area contributed by atoms with Crippen LogP contribution in [0.4, 0.5) is 0 Å². The van der Waals surface area contributed by atoms with Gasteiger partial charge in [0.25, 0.3) is 0 Å². The van der Waals surface area contributed by atoms with Crippen LogP contribution in [0.1, 0.15) is 37.5 Å². The first-order valence-corrected chi connectivity index (χ1v) is 10.7. The SMILES string of the molecule is CCCCS(=O)(=O)N1CC[C@]2(C[C@H]2C(=O)NCc2cccs2)C1. The molecule has 23 heavy (non-hydrogen) atoms. The summed E-state index contributed by atoms with van der Waals surface area (Å²) >= 11 is 1.63. The molecular weight excluding hydrogens is 332 g/mol. The van der Waals surface area contributed by atoms with Crippen molar-refractivity contribution in [2.45, 2.75) is 39.2 Å². The number of nitrogens with zero attached hydrogens (tertiary/aromatic N) is 1. The highest BCUT2D eigenvalue weighted by Gasteiger charge is 2.61. The summed E-state index contributed by atoms with van der Waals surface area (Å²) < 4.78 is 26.2. The van der Waals surface area contributed by atoms with Crippen LogP contribution in [0.5, 0.6) is 0 Å². The molecule has 1 aromatic heterocycles. The van der Waals surface area contributed by atoms with E-state index in [1.807, 2.05) is 24.4 Å². The zero-order valence-electron chi connectivity index (χ0n) is 13.5. The van der Waals surface area contributed by atoms with Crippen molar-refractivity contribution in [2.24, 2.45) is 11.3 Å². The van der Waals surface area contributed by atoms with E-state index in [0.717, 1.165) is 24.1 Å². The highest BCUT2D eigenvalue weighted by Crippen LogP contribution is 2.58. The molecule has 2 fully saturated rings. The van der Waals surface area contributed by atoms with Crippen molar-refractivity contribution in [3.63, 3.8) is 0 Å². The van der Waals surface area contributed by atoms with Gasteiger partial charge in [0.1, 0.15) is 0 Å². The number of nitrogens with one attached hydrogen (secondary N) is 1. The van der Waals surface area contributed by atoms with E-state index in [-0.39, 0.29) is 23.0 Å². The zero-order valence-corrected chi connectivity index (χ0v) is 15.1. The Labute approximate surface area is 142 Å². The van der Waals surface area contributed by atoms with Crippen molar-refractivity contribution in [2.75, 3.05) is 18.8 Å². The van der Waals surface area contributed by atoms with E-state index in [1.54, 1.807) is 15.6 Å². The lowest BCUT2D eigenvalue weighted by Crippen LogP contribution is -2.32. The second-order valence-electron chi connectivity index (χ2n) is 6.67. The maximum absolute atomic E-state index is 12.3. The molecule has 2 heterocycles. The summed E-state index contributed by atoms with van der Waals surface area (Å²) in [4.78, 5) is 13.5. The fourth-order valence-corrected chi connectivity index (χ4v) is 5.81. The maximum Gasteiger partial charge on any atom is 0.224 e. The van der Waals surface area contributed by atoms with Crippen molar-refractivity contribution in [1.29, 1.82) is 0 Å². The summed E-state index contributed by atoms with van der Waals surface area (Å²) in [7, 11) is -3.15. The third-order valence-corrected chi connectivity index (χ3v) is 7.80. The predicted octanol–water partition coefficient (Wildman–Crippen LogP) is 2.21. The third-order valence-electron chi connectivity index (χ3n) is 5.02. The van der Waals surface area contributed by atoms with Crippen LogP contribution in [-0.4, -0.2) is 37.5 Å². The van der Waals surface area contributed by atoms with Gasteiger partial charge in [-0.05, 0) is 36.1 Å². The lowest BCUT2D eigenvalue weighted by molar-refractivity contribution is -0.123. The van der Waals surface area contributed by atoms with Crippen molar-refractivity contribution in [1.82, 2.24) is 9.62 Å². The minimum atomic E-state index is -3.15. The van der Waals surface area contributed by atoms with Crippen LogP contribution < -0.4 is 5.32 Å². The van der Waals surface area contributed by atoms with E-state index in [9.17, 15) is 13.2 Å². The minimum absolute atomic E-state index is 0.0196. The third kappa shape index (κ3) is 3.61. The number of sulfonamides is 1. The van der Waals surface area contributed by atoms with Crippen LogP contribution in [-0.2, 0) is 21.4 Å². The Morgan fingerprint density at radius 1 is 1.52 bits per heavy atom. The van der Waals surface area contributed by atoms with E-state index in [1.165, 1.54) is 0 Å². The molecule has 7 heteroatoms. The molecule has 1 N–H and O–H groups in total. The first kappa shape index (κ1) is 16.9. The number of unbranched alkanes of at least 4 members (excludes halogenated alkanes) is 1. The molecule has 1 saturated heterocycles. The molecule has 1 spiro atoms. The lowest BCUT2D eigenvalue weighted by atomic mass is 10.0. The molecule has 2 atom stereocenters. The summed E-state index contributed by atoms with van der Waals surface area (Å²) in [6, 6.07) is 3.98.